The molecule has 1 aliphatic heterocycles. The van der Waals surface area contributed by atoms with Gasteiger partial charge in [-0.3, -0.25) is 0 Å². The van der Waals surface area contributed by atoms with E-state index in [0.29, 0.717) is 0 Å². The van der Waals surface area contributed by atoms with Crippen molar-refractivity contribution >= 4 is 11.8 Å². The molecule has 1 saturated heterocycles. The Balaban J connectivity index is 2.52. The standard InChI is InChI=1S/C6H10O4S/c1-11-6-5(9)4(8)3(7)2-10-6/h3-9H,1H3. The van der Waals surface area contributed by atoms with Crippen LogP contribution >= 0.6 is 11.8 Å². The predicted molar refractivity (Wildman–Crippen MR) is 39.7 cm³/mol. The molecule has 0 aliphatic carbocycles. The van der Waals surface area contributed by atoms with Crippen LogP contribution in [0.2, 0.25) is 0 Å². The Bertz CT molecular complexity index is 130. The third kappa shape index (κ3) is 1.86. The molecule has 3 N–H and O–H groups in total. The van der Waals surface area contributed by atoms with E-state index in [1.165, 1.54) is 11.8 Å². The predicted octanol–water partition coefficient (Wildman–Crippen LogP) is -1.17. The minimum atomic E-state index is -1.21. The Morgan fingerprint density at radius 1 is 1.27 bits per heavy atom. The van der Waals surface area contributed by atoms with Gasteiger partial charge in [0.15, 0.2) is 6.61 Å². The van der Waals surface area contributed by atoms with Crippen LogP contribution in [0.4, 0.5) is 0 Å². The van der Waals surface area contributed by atoms with E-state index < -0.39 is 23.7 Å². The fourth-order valence-electron chi connectivity index (χ4n) is 0.812. The number of hydrogen-bond donors (Lipinski definition) is 3. The fourth-order valence-corrected chi connectivity index (χ4v) is 1.40. The number of rotatable bonds is 1. The summed E-state index contributed by atoms with van der Waals surface area (Å²) in [7, 11) is 0. The van der Waals surface area contributed by atoms with Gasteiger partial charge in [-0.15, -0.1) is 11.8 Å². The molecule has 1 rings (SSSR count). The van der Waals surface area contributed by atoms with Crippen molar-refractivity contribution in [3.8, 4) is 0 Å². The van der Waals surface area contributed by atoms with Crippen LogP contribution in [0.25, 0.3) is 0 Å². The summed E-state index contributed by atoms with van der Waals surface area (Å²) in [6.45, 7) is 2.19. The first-order valence-electron chi connectivity index (χ1n) is 3.15. The van der Waals surface area contributed by atoms with Crippen molar-refractivity contribution in [2.45, 2.75) is 23.7 Å². The highest BCUT2D eigenvalue weighted by molar-refractivity contribution is 7.99. The van der Waals surface area contributed by atoms with Gasteiger partial charge in [-0.1, -0.05) is 0 Å². The lowest BCUT2D eigenvalue weighted by Gasteiger charge is -2.32. The molecule has 0 aromatic rings. The van der Waals surface area contributed by atoms with Gasteiger partial charge < -0.3 is 20.1 Å². The molecule has 4 nitrogen and oxygen atoms in total. The maximum atomic E-state index is 9.21. The number of aliphatic hydroxyl groups excluding tert-OH is 3. The Morgan fingerprint density at radius 2 is 1.91 bits per heavy atom. The van der Waals surface area contributed by atoms with Crippen LogP contribution in [0.5, 0.6) is 0 Å². The van der Waals surface area contributed by atoms with E-state index in [0.717, 1.165) is 0 Å². The molecule has 1 aliphatic rings. The van der Waals surface area contributed by atoms with Crippen LogP contribution in [0.1, 0.15) is 0 Å². The second-order valence-electron chi connectivity index (χ2n) is 2.27. The molecule has 1 heterocycles. The van der Waals surface area contributed by atoms with E-state index in [9.17, 15) is 5.11 Å². The van der Waals surface area contributed by atoms with Crippen molar-refractivity contribution in [3.05, 3.63) is 6.61 Å². The number of hydrogen-bond acceptors (Lipinski definition) is 5. The van der Waals surface area contributed by atoms with Crippen LogP contribution in [-0.4, -0.2) is 45.3 Å². The first-order chi connectivity index (χ1) is 5.16. The lowest BCUT2D eigenvalue weighted by molar-refractivity contribution is -0.135. The first-order valence-corrected chi connectivity index (χ1v) is 4.43. The SMILES string of the molecule is CSC1O[C]C(O)C(O)C1O. The lowest BCUT2D eigenvalue weighted by Crippen LogP contribution is -2.49. The Hall–Kier alpha value is 0.190. The molecule has 0 amide bonds. The summed E-state index contributed by atoms with van der Waals surface area (Å²) in [4.78, 5) is 0. The minimum absolute atomic E-state index is 0.534. The molecular formula is C6H10O4S. The number of thioether (sulfide) groups is 1. The van der Waals surface area contributed by atoms with Crippen LogP contribution in [-0.2, 0) is 4.74 Å². The molecule has 64 valence electrons. The molecule has 2 radical (unpaired) electrons. The monoisotopic (exact) mass is 178 g/mol. The smallest absolute Gasteiger partial charge is 0.167 e. The van der Waals surface area contributed by atoms with Crippen molar-refractivity contribution in [1.82, 2.24) is 0 Å². The van der Waals surface area contributed by atoms with Crippen LogP contribution in [0.3, 0.4) is 0 Å². The normalized spacial score (nSPS) is 45.8. The molecule has 0 saturated carbocycles. The van der Waals surface area contributed by atoms with Crippen molar-refractivity contribution in [2.24, 2.45) is 0 Å². The Kier molecular flexibility index (Phi) is 3.15. The highest BCUT2D eigenvalue weighted by Gasteiger charge is 2.37. The minimum Gasteiger partial charge on any atom is -0.387 e. The molecule has 0 aromatic heterocycles. The molecule has 0 bridgehead atoms. The lowest BCUT2D eigenvalue weighted by atomic mass is 10.1. The van der Waals surface area contributed by atoms with E-state index in [-0.39, 0.29) is 0 Å². The van der Waals surface area contributed by atoms with Gasteiger partial charge in [0.2, 0.25) is 0 Å². The molecular weight excluding hydrogens is 168 g/mol. The Labute approximate surface area is 69.2 Å². The van der Waals surface area contributed by atoms with E-state index in [1.54, 1.807) is 6.26 Å². The van der Waals surface area contributed by atoms with Crippen molar-refractivity contribution < 1.29 is 20.1 Å². The van der Waals surface area contributed by atoms with E-state index in [4.69, 9.17) is 14.9 Å². The fraction of sp³-hybridized carbons (Fsp3) is 0.833. The summed E-state index contributed by atoms with van der Waals surface area (Å²) >= 11 is 1.25. The van der Waals surface area contributed by atoms with Gasteiger partial charge in [0.1, 0.15) is 23.7 Å². The third-order valence-corrected chi connectivity index (χ3v) is 2.33. The van der Waals surface area contributed by atoms with Crippen molar-refractivity contribution in [2.75, 3.05) is 6.26 Å². The van der Waals surface area contributed by atoms with Crippen LogP contribution in [0.15, 0.2) is 0 Å². The van der Waals surface area contributed by atoms with Gasteiger partial charge in [0.25, 0.3) is 0 Å². The average molecular weight is 178 g/mol. The summed E-state index contributed by atoms with van der Waals surface area (Å²) in [5.74, 6) is 0. The topological polar surface area (TPSA) is 69.9 Å². The second-order valence-corrected chi connectivity index (χ2v) is 3.20. The summed E-state index contributed by atoms with van der Waals surface area (Å²) < 4.78 is 4.78. The average Bonchev–Trinajstić information content (AvgIpc) is 2.01. The summed E-state index contributed by atoms with van der Waals surface area (Å²) in [6, 6.07) is 0. The first kappa shape index (κ1) is 9.28. The van der Waals surface area contributed by atoms with Crippen LogP contribution < -0.4 is 0 Å². The molecule has 1 fully saturated rings. The van der Waals surface area contributed by atoms with Gasteiger partial charge in [-0.2, -0.15) is 0 Å². The van der Waals surface area contributed by atoms with Gasteiger partial charge in [-0.25, -0.2) is 0 Å². The van der Waals surface area contributed by atoms with E-state index in [2.05, 4.69) is 6.61 Å². The molecule has 4 atom stereocenters. The van der Waals surface area contributed by atoms with Gasteiger partial charge in [0.05, 0.1) is 0 Å². The summed E-state index contributed by atoms with van der Waals surface area (Å²) in [5.41, 5.74) is -0.534. The molecule has 11 heavy (non-hydrogen) atoms. The quantitative estimate of drug-likeness (QED) is 0.472. The third-order valence-electron chi connectivity index (χ3n) is 1.49. The maximum absolute atomic E-state index is 9.21. The highest BCUT2D eigenvalue weighted by Crippen LogP contribution is 2.24. The second kappa shape index (κ2) is 3.73. The summed E-state index contributed by atoms with van der Waals surface area (Å²) in [6.07, 6.45) is -1.73. The zero-order chi connectivity index (χ0) is 8.43. The number of ether oxygens (including phenoxy) is 1. The zero-order valence-electron chi connectivity index (χ0n) is 5.97. The van der Waals surface area contributed by atoms with Crippen molar-refractivity contribution in [3.63, 3.8) is 0 Å². The molecule has 0 spiro atoms. The molecule has 5 heteroatoms. The van der Waals surface area contributed by atoms with Gasteiger partial charge in [-0.05, 0) is 6.26 Å². The number of aliphatic hydroxyl groups is 3. The largest absolute Gasteiger partial charge is 0.387 e. The highest BCUT2D eigenvalue weighted by atomic mass is 32.2. The Morgan fingerprint density at radius 3 is 2.45 bits per heavy atom. The van der Waals surface area contributed by atoms with Gasteiger partial charge in [0, 0.05) is 0 Å². The molecule has 0 aromatic carbocycles. The van der Waals surface area contributed by atoms with Crippen molar-refractivity contribution in [1.29, 1.82) is 0 Å². The zero-order valence-corrected chi connectivity index (χ0v) is 6.78. The van der Waals surface area contributed by atoms with E-state index >= 15 is 0 Å². The van der Waals surface area contributed by atoms with Crippen LogP contribution in [0, 0.1) is 6.61 Å². The molecule has 4 unspecified atom stereocenters. The summed E-state index contributed by atoms with van der Waals surface area (Å²) in [5, 5.41) is 27.2. The maximum Gasteiger partial charge on any atom is 0.167 e. The van der Waals surface area contributed by atoms with E-state index in [1.807, 2.05) is 0 Å². The van der Waals surface area contributed by atoms with Gasteiger partial charge >= 0.3 is 0 Å².